The lowest BCUT2D eigenvalue weighted by Crippen LogP contribution is -2.45. The minimum absolute atomic E-state index is 0.312. The topological polar surface area (TPSA) is 83.8 Å². The van der Waals surface area contributed by atoms with Crippen LogP contribution in [0.5, 0.6) is 0 Å². The van der Waals surface area contributed by atoms with Crippen molar-refractivity contribution in [1.29, 1.82) is 0 Å². The molecule has 17 heavy (non-hydrogen) atoms. The number of H-pyrrole nitrogens is 1. The number of nitrogens with zero attached hydrogens (tertiary/aromatic N) is 1. The number of nitrogens with two attached hydrogens (primary N) is 1. The molecule has 0 bridgehead atoms. The first-order chi connectivity index (χ1) is 7.88. The van der Waals surface area contributed by atoms with Gasteiger partial charge < -0.3 is 10.7 Å². The van der Waals surface area contributed by atoms with Crippen molar-refractivity contribution in [3.63, 3.8) is 0 Å². The first kappa shape index (κ1) is 11.9. The highest BCUT2D eigenvalue weighted by Gasteiger charge is 2.22. The summed E-state index contributed by atoms with van der Waals surface area (Å²) in [7, 11) is 0. The fraction of sp³-hybridized carbons (Fsp3) is 0.273. The first-order valence-corrected chi connectivity index (χ1v) is 5.50. The van der Waals surface area contributed by atoms with Crippen molar-refractivity contribution < 1.29 is 4.79 Å². The number of nitrogens with one attached hydrogen (secondary N) is 2. The largest absolute Gasteiger partial charge is 0.324 e. The zero-order chi connectivity index (χ0) is 12.6. The third-order valence-corrected chi connectivity index (χ3v) is 2.59. The molecule has 6 heteroatoms. The molecule has 0 saturated heterocycles. The van der Waals surface area contributed by atoms with Gasteiger partial charge in [0, 0.05) is 0 Å². The SMILES string of the molecule is CC(C)(N)C(=O)Nc1nc2c(Cl)cccc2[nH]1. The van der Waals surface area contributed by atoms with E-state index in [1.165, 1.54) is 0 Å². The highest BCUT2D eigenvalue weighted by molar-refractivity contribution is 6.35. The van der Waals surface area contributed by atoms with Gasteiger partial charge in [-0.05, 0) is 26.0 Å². The number of anilines is 1. The van der Waals surface area contributed by atoms with Crippen molar-refractivity contribution in [3.8, 4) is 0 Å². The van der Waals surface area contributed by atoms with Crippen LogP contribution >= 0.6 is 11.6 Å². The van der Waals surface area contributed by atoms with Crippen molar-refractivity contribution in [1.82, 2.24) is 9.97 Å². The van der Waals surface area contributed by atoms with Gasteiger partial charge in [-0.3, -0.25) is 10.1 Å². The molecule has 0 spiro atoms. The highest BCUT2D eigenvalue weighted by atomic mass is 35.5. The second kappa shape index (κ2) is 4.01. The van der Waals surface area contributed by atoms with Crippen LogP contribution in [0.4, 0.5) is 5.95 Å². The van der Waals surface area contributed by atoms with Crippen molar-refractivity contribution in [2.75, 3.05) is 5.32 Å². The van der Waals surface area contributed by atoms with E-state index in [9.17, 15) is 4.79 Å². The van der Waals surface area contributed by atoms with Crippen LogP contribution in [0.1, 0.15) is 13.8 Å². The molecule has 90 valence electrons. The minimum Gasteiger partial charge on any atom is -0.324 e. The maximum atomic E-state index is 11.7. The summed E-state index contributed by atoms with van der Waals surface area (Å²) < 4.78 is 0. The average molecular weight is 253 g/mol. The van der Waals surface area contributed by atoms with Gasteiger partial charge in [0.05, 0.1) is 16.1 Å². The summed E-state index contributed by atoms with van der Waals surface area (Å²) in [4.78, 5) is 18.8. The second-order valence-electron chi connectivity index (χ2n) is 4.40. The van der Waals surface area contributed by atoms with Crippen LogP contribution in [0.15, 0.2) is 18.2 Å². The number of carbonyl (C=O) groups is 1. The number of hydrogen-bond donors (Lipinski definition) is 3. The summed E-state index contributed by atoms with van der Waals surface area (Å²) in [5.74, 6) is 0.0318. The van der Waals surface area contributed by atoms with Gasteiger partial charge in [0.1, 0.15) is 5.52 Å². The predicted molar refractivity (Wildman–Crippen MR) is 68.0 cm³/mol. The number of benzene rings is 1. The molecule has 0 aliphatic heterocycles. The molecule has 0 radical (unpaired) electrons. The zero-order valence-electron chi connectivity index (χ0n) is 9.54. The quantitative estimate of drug-likeness (QED) is 0.763. The monoisotopic (exact) mass is 252 g/mol. The smallest absolute Gasteiger partial charge is 0.246 e. The standard InChI is InChI=1S/C11H13ClN4O/c1-11(2,13)9(17)16-10-14-7-5-3-4-6(12)8(7)15-10/h3-5H,13H2,1-2H3,(H2,14,15,16,17). The molecule has 2 aromatic rings. The van der Waals surface area contributed by atoms with E-state index in [1.54, 1.807) is 26.0 Å². The molecule has 1 aromatic carbocycles. The molecule has 0 aliphatic rings. The third kappa shape index (κ3) is 2.40. The zero-order valence-corrected chi connectivity index (χ0v) is 10.3. The van der Waals surface area contributed by atoms with Gasteiger partial charge in [-0.25, -0.2) is 4.98 Å². The van der Waals surface area contributed by atoms with E-state index in [4.69, 9.17) is 17.3 Å². The fourth-order valence-electron chi connectivity index (χ4n) is 1.32. The number of carbonyl (C=O) groups excluding carboxylic acids is 1. The number of fused-ring (bicyclic) bond motifs is 1. The Hall–Kier alpha value is -1.59. The average Bonchev–Trinajstić information content (AvgIpc) is 2.60. The molecular weight excluding hydrogens is 240 g/mol. The van der Waals surface area contributed by atoms with Crippen molar-refractivity contribution in [2.24, 2.45) is 5.73 Å². The Morgan fingerprint density at radius 3 is 2.82 bits per heavy atom. The lowest BCUT2D eigenvalue weighted by atomic mass is 10.1. The van der Waals surface area contributed by atoms with E-state index >= 15 is 0 Å². The number of para-hydroxylation sites is 1. The third-order valence-electron chi connectivity index (χ3n) is 2.28. The normalized spacial score (nSPS) is 11.8. The minimum atomic E-state index is -0.956. The molecule has 2 rings (SSSR count). The van der Waals surface area contributed by atoms with E-state index in [-0.39, 0.29) is 5.91 Å². The van der Waals surface area contributed by atoms with Crippen LogP contribution in [0, 0.1) is 0 Å². The number of halogens is 1. The van der Waals surface area contributed by atoms with Crippen molar-refractivity contribution in [2.45, 2.75) is 19.4 Å². The molecular formula is C11H13ClN4O. The van der Waals surface area contributed by atoms with E-state index in [1.807, 2.05) is 6.07 Å². The summed E-state index contributed by atoms with van der Waals surface area (Å²) >= 11 is 5.98. The maximum absolute atomic E-state index is 11.7. The lowest BCUT2D eigenvalue weighted by molar-refractivity contribution is -0.120. The number of aromatic nitrogens is 2. The molecule has 4 N–H and O–H groups in total. The Balaban J connectivity index is 2.32. The summed E-state index contributed by atoms with van der Waals surface area (Å²) in [5.41, 5.74) is 6.11. The second-order valence-corrected chi connectivity index (χ2v) is 4.80. The molecule has 0 saturated carbocycles. The molecule has 0 atom stereocenters. The molecule has 0 fully saturated rings. The van der Waals surface area contributed by atoms with Gasteiger partial charge in [-0.1, -0.05) is 17.7 Å². The van der Waals surface area contributed by atoms with Crippen LogP contribution in [0.25, 0.3) is 11.0 Å². The van der Waals surface area contributed by atoms with E-state index < -0.39 is 5.54 Å². The number of hydrogen-bond acceptors (Lipinski definition) is 3. The molecule has 1 amide bonds. The summed E-state index contributed by atoms with van der Waals surface area (Å²) in [6, 6.07) is 5.38. The number of aromatic amines is 1. The van der Waals surface area contributed by atoms with E-state index in [0.717, 1.165) is 5.52 Å². The van der Waals surface area contributed by atoms with Gasteiger partial charge in [0.25, 0.3) is 0 Å². The van der Waals surface area contributed by atoms with E-state index in [2.05, 4.69) is 15.3 Å². The summed E-state index contributed by atoms with van der Waals surface area (Å²) in [6.07, 6.45) is 0. The van der Waals surface area contributed by atoms with Crippen LogP contribution in [0.3, 0.4) is 0 Å². The van der Waals surface area contributed by atoms with Crippen LogP contribution in [-0.2, 0) is 4.79 Å². The summed E-state index contributed by atoms with van der Waals surface area (Å²) in [6.45, 7) is 3.25. The lowest BCUT2D eigenvalue weighted by Gasteiger charge is -2.16. The Bertz CT molecular complexity index is 570. The number of rotatable bonds is 2. The Morgan fingerprint density at radius 2 is 2.24 bits per heavy atom. The predicted octanol–water partition coefficient (Wildman–Crippen LogP) is 1.89. The Kier molecular flexibility index (Phi) is 2.81. The highest BCUT2D eigenvalue weighted by Crippen LogP contribution is 2.22. The van der Waals surface area contributed by atoms with Crippen molar-refractivity contribution in [3.05, 3.63) is 23.2 Å². The number of imidazole rings is 1. The van der Waals surface area contributed by atoms with Gasteiger partial charge in [0.15, 0.2) is 0 Å². The van der Waals surface area contributed by atoms with Gasteiger partial charge >= 0.3 is 0 Å². The Labute approximate surface area is 103 Å². The molecule has 1 aromatic heterocycles. The van der Waals surface area contributed by atoms with Crippen LogP contribution in [0.2, 0.25) is 5.02 Å². The maximum Gasteiger partial charge on any atom is 0.246 e. The van der Waals surface area contributed by atoms with Gasteiger partial charge in [0.2, 0.25) is 11.9 Å². The van der Waals surface area contributed by atoms with Gasteiger partial charge in [-0.2, -0.15) is 0 Å². The summed E-state index contributed by atoms with van der Waals surface area (Å²) in [5, 5.41) is 3.14. The van der Waals surface area contributed by atoms with Gasteiger partial charge in [-0.15, -0.1) is 0 Å². The van der Waals surface area contributed by atoms with Crippen LogP contribution in [-0.4, -0.2) is 21.4 Å². The van der Waals surface area contributed by atoms with Crippen LogP contribution < -0.4 is 11.1 Å². The molecule has 0 unspecified atom stereocenters. The Morgan fingerprint density at radius 1 is 1.53 bits per heavy atom. The van der Waals surface area contributed by atoms with Crippen molar-refractivity contribution >= 4 is 34.5 Å². The molecule has 0 aliphatic carbocycles. The first-order valence-electron chi connectivity index (χ1n) is 5.12. The number of amides is 1. The fourth-order valence-corrected chi connectivity index (χ4v) is 1.54. The van der Waals surface area contributed by atoms with E-state index in [0.29, 0.717) is 16.5 Å². The molecule has 5 nitrogen and oxygen atoms in total. The molecule has 1 heterocycles.